The number of hydrogen-bond acceptors (Lipinski definition) is 4. The summed E-state index contributed by atoms with van der Waals surface area (Å²) in [4.78, 5) is 23.0. The van der Waals surface area contributed by atoms with Gasteiger partial charge in [0.05, 0.1) is 6.10 Å². The molecular weight excluding hydrogens is 310 g/mol. The molecule has 0 unspecified atom stereocenters. The molecule has 0 heterocycles. The lowest BCUT2D eigenvalue weighted by Crippen LogP contribution is -2.13. The second-order valence-corrected chi connectivity index (χ2v) is 5.35. The van der Waals surface area contributed by atoms with Crippen LogP contribution in [0.1, 0.15) is 41.0 Å². The lowest BCUT2D eigenvalue weighted by molar-refractivity contribution is 0.0693. The van der Waals surface area contributed by atoms with Gasteiger partial charge in [0.1, 0.15) is 17.1 Å². The molecule has 6 heteroatoms. The molecule has 0 aliphatic heterocycles. The van der Waals surface area contributed by atoms with E-state index in [1.807, 2.05) is 13.8 Å². The van der Waals surface area contributed by atoms with Gasteiger partial charge < -0.3 is 20.3 Å². The van der Waals surface area contributed by atoms with Crippen LogP contribution in [0.2, 0.25) is 0 Å². The molecule has 0 saturated heterocycles. The molecule has 0 fully saturated rings. The summed E-state index contributed by atoms with van der Waals surface area (Å²) in [5.74, 6) is -1.32. The van der Waals surface area contributed by atoms with Crippen LogP contribution < -0.4 is 10.1 Å². The first-order chi connectivity index (χ1) is 11.4. The first-order valence-corrected chi connectivity index (χ1v) is 7.55. The summed E-state index contributed by atoms with van der Waals surface area (Å²) in [5, 5.41) is 21.1. The molecule has 6 nitrogen and oxygen atoms in total. The number of carbonyl (C=O) groups is 2. The van der Waals surface area contributed by atoms with E-state index in [0.717, 1.165) is 6.42 Å². The zero-order valence-corrected chi connectivity index (χ0v) is 13.4. The van der Waals surface area contributed by atoms with Crippen LogP contribution in [0.3, 0.4) is 0 Å². The van der Waals surface area contributed by atoms with E-state index in [9.17, 15) is 14.7 Å². The zero-order valence-electron chi connectivity index (χ0n) is 13.4. The Kier molecular flexibility index (Phi) is 5.42. The van der Waals surface area contributed by atoms with Gasteiger partial charge >= 0.3 is 5.97 Å². The normalized spacial score (nSPS) is 11.6. The Morgan fingerprint density at radius 1 is 1.17 bits per heavy atom. The Morgan fingerprint density at radius 2 is 1.83 bits per heavy atom. The van der Waals surface area contributed by atoms with Crippen LogP contribution in [0, 0.1) is 0 Å². The number of rotatable bonds is 6. The smallest absolute Gasteiger partial charge is 0.339 e. The first kappa shape index (κ1) is 17.3. The lowest BCUT2D eigenvalue weighted by atomic mass is 10.1. The quantitative estimate of drug-likeness (QED) is 0.753. The predicted molar refractivity (Wildman–Crippen MR) is 89.8 cm³/mol. The summed E-state index contributed by atoms with van der Waals surface area (Å²) in [5.41, 5.74) is 0.510. The topological polar surface area (TPSA) is 95.9 Å². The predicted octanol–water partition coefficient (Wildman–Crippen LogP) is 3.52. The molecule has 3 N–H and O–H groups in total. The Bertz CT molecular complexity index is 740. The van der Waals surface area contributed by atoms with Crippen molar-refractivity contribution < 1.29 is 24.5 Å². The number of carbonyl (C=O) groups excluding carboxylic acids is 1. The van der Waals surface area contributed by atoms with Crippen molar-refractivity contribution in [3.05, 3.63) is 53.6 Å². The molecule has 0 aromatic heterocycles. The van der Waals surface area contributed by atoms with Gasteiger partial charge in [0.25, 0.3) is 5.91 Å². The number of hydrogen-bond donors (Lipinski definition) is 3. The summed E-state index contributed by atoms with van der Waals surface area (Å²) in [6.45, 7) is 3.99. The van der Waals surface area contributed by atoms with E-state index >= 15 is 0 Å². The van der Waals surface area contributed by atoms with Crippen LogP contribution in [-0.2, 0) is 0 Å². The number of amides is 1. The van der Waals surface area contributed by atoms with E-state index in [4.69, 9.17) is 9.84 Å². The number of carboxylic acids is 1. The number of carboxylic acid groups (broad SMARTS) is 1. The molecule has 0 spiro atoms. The van der Waals surface area contributed by atoms with Gasteiger partial charge in [-0.25, -0.2) is 4.79 Å². The van der Waals surface area contributed by atoms with Crippen molar-refractivity contribution in [3.63, 3.8) is 0 Å². The number of aromatic hydroxyl groups is 1. The molecule has 0 bridgehead atoms. The van der Waals surface area contributed by atoms with Crippen LogP contribution >= 0.6 is 0 Å². The number of anilines is 1. The molecule has 2 aromatic rings. The lowest BCUT2D eigenvalue weighted by Gasteiger charge is -2.13. The van der Waals surface area contributed by atoms with Crippen LogP contribution in [0.25, 0.3) is 0 Å². The minimum atomic E-state index is -1.23. The van der Waals surface area contributed by atoms with Crippen LogP contribution in [0.4, 0.5) is 5.69 Å². The highest BCUT2D eigenvalue weighted by Crippen LogP contribution is 2.23. The molecular formula is C18H19NO5. The van der Waals surface area contributed by atoms with Gasteiger partial charge in [0, 0.05) is 17.3 Å². The second kappa shape index (κ2) is 7.50. The number of aromatic carboxylic acids is 1. The summed E-state index contributed by atoms with van der Waals surface area (Å²) in [7, 11) is 0. The highest BCUT2D eigenvalue weighted by atomic mass is 16.5. The third-order valence-corrected chi connectivity index (χ3v) is 3.51. The number of benzene rings is 2. The summed E-state index contributed by atoms with van der Waals surface area (Å²) >= 11 is 0. The Morgan fingerprint density at radius 3 is 2.38 bits per heavy atom. The minimum Gasteiger partial charge on any atom is -0.507 e. The standard InChI is InChI=1S/C18H19NO5/c1-3-11(2)24-14-7-4-12(5-8-14)17(21)19-13-6-9-15(18(22)23)16(20)10-13/h4-11,20H,3H2,1-2H3,(H,19,21)(H,22,23)/t11-/m1/s1. The van der Waals surface area contributed by atoms with E-state index in [-0.39, 0.29) is 17.6 Å². The molecule has 0 saturated carbocycles. The Balaban J connectivity index is 2.07. The Labute approximate surface area is 139 Å². The van der Waals surface area contributed by atoms with Crippen molar-refractivity contribution in [2.75, 3.05) is 5.32 Å². The molecule has 2 aromatic carbocycles. The maximum absolute atomic E-state index is 12.2. The molecule has 1 amide bonds. The molecule has 0 aliphatic carbocycles. The van der Waals surface area contributed by atoms with E-state index in [1.165, 1.54) is 18.2 Å². The van der Waals surface area contributed by atoms with Gasteiger partial charge in [-0.05, 0) is 49.7 Å². The SMILES string of the molecule is CC[C@@H](C)Oc1ccc(C(=O)Nc2ccc(C(=O)O)c(O)c2)cc1. The number of phenols is 1. The highest BCUT2D eigenvalue weighted by molar-refractivity contribution is 6.04. The average Bonchev–Trinajstić information content (AvgIpc) is 2.55. The maximum atomic E-state index is 12.2. The number of ether oxygens (including phenoxy) is 1. The third kappa shape index (κ3) is 4.25. The zero-order chi connectivity index (χ0) is 17.7. The van der Waals surface area contributed by atoms with Crippen molar-refractivity contribution in [1.29, 1.82) is 0 Å². The number of nitrogens with one attached hydrogen (secondary N) is 1. The molecule has 24 heavy (non-hydrogen) atoms. The summed E-state index contributed by atoms with van der Waals surface area (Å²) < 4.78 is 5.65. The fourth-order valence-corrected chi connectivity index (χ4v) is 1.99. The van der Waals surface area contributed by atoms with Crippen LogP contribution in [0.15, 0.2) is 42.5 Å². The van der Waals surface area contributed by atoms with Crippen molar-refractivity contribution in [3.8, 4) is 11.5 Å². The van der Waals surface area contributed by atoms with Gasteiger partial charge in [-0.15, -0.1) is 0 Å². The minimum absolute atomic E-state index is 0.0976. The first-order valence-electron chi connectivity index (χ1n) is 7.55. The fraction of sp³-hybridized carbons (Fsp3) is 0.222. The fourth-order valence-electron chi connectivity index (χ4n) is 1.99. The molecule has 0 radical (unpaired) electrons. The highest BCUT2D eigenvalue weighted by Gasteiger charge is 2.12. The van der Waals surface area contributed by atoms with Gasteiger partial charge in [0.2, 0.25) is 0 Å². The molecule has 0 aliphatic rings. The van der Waals surface area contributed by atoms with E-state index in [2.05, 4.69) is 5.32 Å². The monoisotopic (exact) mass is 329 g/mol. The van der Waals surface area contributed by atoms with Crippen LogP contribution in [0.5, 0.6) is 11.5 Å². The summed E-state index contributed by atoms with van der Waals surface area (Å²) in [6.07, 6.45) is 0.985. The van der Waals surface area contributed by atoms with Gasteiger partial charge in [-0.3, -0.25) is 4.79 Å². The molecule has 1 atom stereocenters. The Hall–Kier alpha value is -3.02. The van der Waals surface area contributed by atoms with Crippen LogP contribution in [-0.4, -0.2) is 28.2 Å². The average molecular weight is 329 g/mol. The van der Waals surface area contributed by atoms with Crippen molar-refractivity contribution in [1.82, 2.24) is 0 Å². The van der Waals surface area contributed by atoms with E-state index in [1.54, 1.807) is 24.3 Å². The largest absolute Gasteiger partial charge is 0.507 e. The van der Waals surface area contributed by atoms with Crippen molar-refractivity contribution in [2.45, 2.75) is 26.4 Å². The van der Waals surface area contributed by atoms with E-state index < -0.39 is 11.7 Å². The molecule has 126 valence electrons. The van der Waals surface area contributed by atoms with Gasteiger partial charge in [0.15, 0.2) is 0 Å². The summed E-state index contributed by atoms with van der Waals surface area (Å²) in [6, 6.07) is 10.6. The van der Waals surface area contributed by atoms with E-state index in [0.29, 0.717) is 17.0 Å². The maximum Gasteiger partial charge on any atom is 0.339 e. The van der Waals surface area contributed by atoms with Gasteiger partial charge in [-0.2, -0.15) is 0 Å². The molecule has 2 rings (SSSR count). The third-order valence-electron chi connectivity index (χ3n) is 3.51. The van der Waals surface area contributed by atoms with Gasteiger partial charge in [-0.1, -0.05) is 6.92 Å². The van der Waals surface area contributed by atoms with Crippen molar-refractivity contribution in [2.24, 2.45) is 0 Å². The second-order valence-electron chi connectivity index (χ2n) is 5.35. The van der Waals surface area contributed by atoms with Crippen molar-refractivity contribution >= 4 is 17.6 Å².